The van der Waals surface area contributed by atoms with Crippen molar-refractivity contribution in [3.05, 3.63) is 78.4 Å². The SMILES string of the molecule is Cc1ccc(S(=O)(=O)OC[C@@H]2CO[C@@](Cn3cncn3)(c3ccccc3)C2)cc1. The first-order valence-electron chi connectivity index (χ1n) is 9.45. The smallest absolute Gasteiger partial charge is 0.296 e. The summed E-state index contributed by atoms with van der Waals surface area (Å²) < 4.78 is 38.3. The third-order valence-corrected chi connectivity index (χ3v) is 6.46. The lowest BCUT2D eigenvalue weighted by atomic mass is 9.87. The van der Waals surface area contributed by atoms with Crippen LogP contribution in [-0.4, -0.2) is 36.4 Å². The van der Waals surface area contributed by atoms with E-state index in [-0.39, 0.29) is 17.4 Å². The van der Waals surface area contributed by atoms with Crippen LogP contribution >= 0.6 is 0 Å². The fourth-order valence-electron chi connectivity index (χ4n) is 3.65. The molecule has 0 bridgehead atoms. The number of ether oxygens (including phenoxy) is 1. The molecule has 29 heavy (non-hydrogen) atoms. The molecule has 1 fully saturated rings. The van der Waals surface area contributed by atoms with E-state index < -0.39 is 15.7 Å². The number of hydrogen-bond acceptors (Lipinski definition) is 6. The Bertz CT molecular complexity index is 1040. The van der Waals surface area contributed by atoms with Crippen molar-refractivity contribution >= 4 is 10.1 Å². The maximum Gasteiger partial charge on any atom is 0.296 e. The topological polar surface area (TPSA) is 83.3 Å². The van der Waals surface area contributed by atoms with Crippen molar-refractivity contribution in [2.24, 2.45) is 5.92 Å². The average Bonchev–Trinajstić information content (AvgIpc) is 3.39. The fourth-order valence-corrected chi connectivity index (χ4v) is 4.63. The Hall–Kier alpha value is -2.55. The highest BCUT2D eigenvalue weighted by molar-refractivity contribution is 7.86. The van der Waals surface area contributed by atoms with E-state index in [1.54, 1.807) is 35.3 Å². The van der Waals surface area contributed by atoms with Crippen LogP contribution in [0.1, 0.15) is 17.5 Å². The standard InChI is InChI=1S/C21H23N3O4S/c1-17-7-9-20(10-8-17)29(25,26)28-13-18-11-21(27-12-18,14-24-16-22-15-23-24)19-5-3-2-4-6-19/h2-10,15-16,18H,11-14H2,1H3/t18-,21-/m0/s1. The number of nitrogens with zero attached hydrogens (tertiary/aromatic N) is 3. The van der Waals surface area contributed by atoms with Gasteiger partial charge in [0.05, 0.1) is 24.7 Å². The van der Waals surface area contributed by atoms with E-state index in [9.17, 15) is 8.42 Å². The Morgan fingerprint density at radius 1 is 1.17 bits per heavy atom. The van der Waals surface area contributed by atoms with Gasteiger partial charge in [0.15, 0.2) is 0 Å². The van der Waals surface area contributed by atoms with Crippen LogP contribution in [0, 0.1) is 12.8 Å². The second-order valence-corrected chi connectivity index (χ2v) is 9.00. The molecule has 0 unspecified atom stereocenters. The van der Waals surface area contributed by atoms with Crippen molar-refractivity contribution in [3.8, 4) is 0 Å². The highest BCUT2D eigenvalue weighted by Gasteiger charge is 2.43. The number of aryl methyl sites for hydroxylation is 1. The van der Waals surface area contributed by atoms with E-state index in [1.165, 1.54) is 6.33 Å². The third kappa shape index (κ3) is 4.39. The van der Waals surface area contributed by atoms with Crippen LogP contribution in [0.25, 0.3) is 0 Å². The first-order valence-corrected chi connectivity index (χ1v) is 10.9. The van der Waals surface area contributed by atoms with Gasteiger partial charge in [-0.3, -0.25) is 4.18 Å². The molecule has 7 nitrogen and oxygen atoms in total. The van der Waals surface area contributed by atoms with Crippen molar-refractivity contribution in [1.29, 1.82) is 0 Å². The molecule has 0 spiro atoms. The van der Waals surface area contributed by atoms with Gasteiger partial charge >= 0.3 is 0 Å². The summed E-state index contributed by atoms with van der Waals surface area (Å²) in [6.07, 6.45) is 3.77. The van der Waals surface area contributed by atoms with Crippen molar-refractivity contribution in [1.82, 2.24) is 14.8 Å². The zero-order valence-corrected chi connectivity index (χ0v) is 17.0. The monoisotopic (exact) mass is 413 g/mol. The summed E-state index contributed by atoms with van der Waals surface area (Å²) in [4.78, 5) is 4.17. The molecule has 0 radical (unpaired) electrons. The van der Waals surface area contributed by atoms with Gasteiger partial charge in [-0.05, 0) is 31.0 Å². The highest BCUT2D eigenvalue weighted by Crippen LogP contribution is 2.40. The lowest BCUT2D eigenvalue weighted by molar-refractivity contribution is -0.0179. The Morgan fingerprint density at radius 2 is 1.93 bits per heavy atom. The number of rotatable bonds is 7. The zero-order chi connectivity index (χ0) is 20.3. The first kappa shape index (κ1) is 19.8. The van der Waals surface area contributed by atoms with E-state index in [0.717, 1.165) is 11.1 Å². The third-order valence-electron chi connectivity index (χ3n) is 5.17. The summed E-state index contributed by atoms with van der Waals surface area (Å²) in [6, 6.07) is 16.6. The molecule has 1 aromatic heterocycles. The molecule has 1 saturated heterocycles. The summed E-state index contributed by atoms with van der Waals surface area (Å²) in [6.45, 7) is 2.89. The van der Waals surface area contributed by atoms with Crippen LogP contribution in [0.4, 0.5) is 0 Å². The Labute approximate surface area is 170 Å². The molecule has 2 heterocycles. The van der Waals surface area contributed by atoms with Gasteiger partial charge in [0.1, 0.15) is 18.3 Å². The summed E-state index contributed by atoms with van der Waals surface area (Å²) in [5.74, 6) is -0.0565. The molecule has 0 N–H and O–H groups in total. The van der Waals surface area contributed by atoms with Crippen LogP contribution in [0.5, 0.6) is 0 Å². The first-order chi connectivity index (χ1) is 14.0. The second kappa shape index (κ2) is 8.06. The average molecular weight is 413 g/mol. The zero-order valence-electron chi connectivity index (χ0n) is 16.1. The summed E-state index contributed by atoms with van der Waals surface area (Å²) >= 11 is 0. The van der Waals surface area contributed by atoms with Gasteiger partial charge in [0.2, 0.25) is 0 Å². The molecule has 152 valence electrons. The molecule has 0 saturated carbocycles. The Kier molecular flexibility index (Phi) is 5.49. The van der Waals surface area contributed by atoms with Crippen LogP contribution in [0.3, 0.4) is 0 Å². The van der Waals surface area contributed by atoms with Gasteiger partial charge in [-0.1, -0.05) is 48.0 Å². The highest BCUT2D eigenvalue weighted by atomic mass is 32.2. The van der Waals surface area contributed by atoms with Gasteiger partial charge in [-0.25, -0.2) is 9.67 Å². The molecule has 0 aliphatic carbocycles. The van der Waals surface area contributed by atoms with Crippen molar-refractivity contribution in [2.45, 2.75) is 30.4 Å². The number of benzene rings is 2. The van der Waals surface area contributed by atoms with Gasteiger partial charge < -0.3 is 4.74 Å². The lowest BCUT2D eigenvalue weighted by Gasteiger charge is -2.29. The predicted octanol–water partition coefficient (Wildman–Crippen LogP) is 2.92. The van der Waals surface area contributed by atoms with E-state index in [0.29, 0.717) is 19.6 Å². The van der Waals surface area contributed by atoms with E-state index in [2.05, 4.69) is 10.1 Å². The van der Waals surface area contributed by atoms with E-state index in [4.69, 9.17) is 8.92 Å². The molecule has 3 aromatic rings. The summed E-state index contributed by atoms with van der Waals surface area (Å²) in [5.41, 5.74) is 1.42. The molecule has 1 aliphatic heterocycles. The molecule has 2 atom stereocenters. The second-order valence-electron chi connectivity index (χ2n) is 7.39. The van der Waals surface area contributed by atoms with Crippen LogP contribution in [0.15, 0.2) is 72.1 Å². The molecule has 8 heteroatoms. The summed E-state index contributed by atoms with van der Waals surface area (Å²) in [7, 11) is -3.80. The van der Waals surface area contributed by atoms with Crippen molar-refractivity contribution in [2.75, 3.05) is 13.2 Å². The molecule has 0 amide bonds. The molecule has 4 rings (SSSR count). The van der Waals surface area contributed by atoms with Crippen molar-refractivity contribution in [3.63, 3.8) is 0 Å². The minimum Gasteiger partial charge on any atom is -0.368 e. The van der Waals surface area contributed by atoms with Gasteiger partial charge in [-0.2, -0.15) is 13.5 Å². The van der Waals surface area contributed by atoms with Crippen LogP contribution < -0.4 is 0 Å². The maximum absolute atomic E-state index is 12.5. The number of aromatic nitrogens is 3. The van der Waals surface area contributed by atoms with Gasteiger partial charge in [-0.15, -0.1) is 0 Å². The molecular weight excluding hydrogens is 390 g/mol. The minimum absolute atomic E-state index is 0.0565. The number of hydrogen-bond donors (Lipinski definition) is 0. The van der Waals surface area contributed by atoms with Crippen LogP contribution in [-0.2, 0) is 31.2 Å². The summed E-state index contributed by atoms with van der Waals surface area (Å²) in [5, 5.41) is 4.21. The van der Waals surface area contributed by atoms with Gasteiger partial charge in [0, 0.05) is 5.92 Å². The van der Waals surface area contributed by atoms with E-state index in [1.807, 2.05) is 37.3 Å². The molecule has 1 aliphatic rings. The quantitative estimate of drug-likeness (QED) is 0.554. The predicted molar refractivity (Wildman–Crippen MR) is 107 cm³/mol. The van der Waals surface area contributed by atoms with Gasteiger partial charge in [0.25, 0.3) is 10.1 Å². The van der Waals surface area contributed by atoms with Crippen LogP contribution in [0.2, 0.25) is 0 Å². The fraction of sp³-hybridized carbons (Fsp3) is 0.333. The normalized spacial score (nSPS) is 22.0. The van der Waals surface area contributed by atoms with E-state index >= 15 is 0 Å². The maximum atomic E-state index is 12.5. The Morgan fingerprint density at radius 3 is 2.62 bits per heavy atom. The van der Waals surface area contributed by atoms with Crippen molar-refractivity contribution < 1.29 is 17.3 Å². The lowest BCUT2D eigenvalue weighted by Crippen LogP contribution is -2.31. The minimum atomic E-state index is -3.80. The molecule has 2 aromatic carbocycles. The largest absolute Gasteiger partial charge is 0.368 e. The molecular formula is C21H23N3O4S. The Balaban J connectivity index is 1.48.